The van der Waals surface area contributed by atoms with Crippen LogP contribution in [0.1, 0.15) is 18.9 Å². The maximum absolute atomic E-state index is 11.2. The highest BCUT2D eigenvalue weighted by molar-refractivity contribution is 5.76. The Labute approximate surface area is 84.1 Å². The van der Waals surface area contributed by atoms with E-state index in [4.69, 9.17) is 5.73 Å². The summed E-state index contributed by atoms with van der Waals surface area (Å²) in [6, 6.07) is 1.90. The first kappa shape index (κ1) is 10.8. The van der Waals surface area contributed by atoms with Crippen LogP contribution < -0.4 is 11.1 Å². The molecular formula is C10H17N3O. The number of hydrogen-bond donors (Lipinski definition) is 2. The Bertz CT molecular complexity index is 304. The fourth-order valence-electron chi connectivity index (χ4n) is 1.23. The van der Waals surface area contributed by atoms with Crippen molar-refractivity contribution in [1.29, 1.82) is 0 Å². The molecule has 0 bridgehead atoms. The van der Waals surface area contributed by atoms with Crippen molar-refractivity contribution in [2.45, 2.75) is 25.9 Å². The van der Waals surface area contributed by atoms with Gasteiger partial charge in [-0.1, -0.05) is 0 Å². The molecule has 78 valence electrons. The van der Waals surface area contributed by atoms with Gasteiger partial charge in [0.15, 0.2) is 0 Å². The first-order valence-electron chi connectivity index (χ1n) is 4.71. The fourth-order valence-corrected chi connectivity index (χ4v) is 1.23. The SMILES string of the molecule is CC(N)CC(=O)NCc1ccn(C)c1. The minimum Gasteiger partial charge on any atom is -0.357 e. The minimum absolute atomic E-state index is 0.00357. The monoisotopic (exact) mass is 195 g/mol. The number of nitrogens with one attached hydrogen (secondary N) is 1. The molecule has 0 radical (unpaired) electrons. The zero-order valence-electron chi connectivity index (χ0n) is 8.66. The van der Waals surface area contributed by atoms with E-state index in [0.717, 1.165) is 5.56 Å². The molecule has 1 heterocycles. The first-order valence-corrected chi connectivity index (χ1v) is 4.71. The summed E-state index contributed by atoms with van der Waals surface area (Å²) in [6.45, 7) is 2.40. The van der Waals surface area contributed by atoms with Crippen molar-refractivity contribution in [3.63, 3.8) is 0 Å². The molecule has 0 spiro atoms. The van der Waals surface area contributed by atoms with Gasteiger partial charge in [0.05, 0.1) is 0 Å². The van der Waals surface area contributed by atoms with Crippen molar-refractivity contribution in [2.24, 2.45) is 12.8 Å². The average molecular weight is 195 g/mol. The summed E-state index contributed by atoms with van der Waals surface area (Å²) in [7, 11) is 1.95. The average Bonchev–Trinajstić information content (AvgIpc) is 2.47. The van der Waals surface area contributed by atoms with Crippen LogP contribution >= 0.6 is 0 Å². The van der Waals surface area contributed by atoms with Crippen LogP contribution in [0.3, 0.4) is 0 Å². The largest absolute Gasteiger partial charge is 0.357 e. The van der Waals surface area contributed by atoms with Crippen molar-refractivity contribution >= 4 is 5.91 Å². The normalized spacial score (nSPS) is 12.5. The molecule has 0 saturated carbocycles. The Morgan fingerprint density at radius 3 is 2.93 bits per heavy atom. The molecule has 4 heteroatoms. The zero-order valence-corrected chi connectivity index (χ0v) is 8.66. The van der Waals surface area contributed by atoms with E-state index in [1.807, 2.05) is 37.0 Å². The number of aryl methyl sites for hydroxylation is 1. The quantitative estimate of drug-likeness (QED) is 0.729. The van der Waals surface area contributed by atoms with Crippen LogP contribution in [0.15, 0.2) is 18.5 Å². The van der Waals surface area contributed by atoms with Gasteiger partial charge >= 0.3 is 0 Å². The Morgan fingerprint density at radius 2 is 2.43 bits per heavy atom. The van der Waals surface area contributed by atoms with E-state index in [1.54, 1.807) is 0 Å². The molecule has 0 aliphatic heterocycles. The van der Waals surface area contributed by atoms with E-state index < -0.39 is 0 Å². The molecule has 0 aliphatic carbocycles. The van der Waals surface area contributed by atoms with Crippen LogP contribution in [0, 0.1) is 0 Å². The van der Waals surface area contributed by atoms with Gasteiger partial charge in [-0.2, -0.15) is 0 Å². The lowest BCUT2D eigenvalue weighted by atomic mass is 10.2. The topological polar surface area (TPSA) is 60.1 Å². The Hall–Kier alpha value is -1.29. The first-order chi connectivity index (χ1) is 6.58. The van der Waals surface area contributed by atoms with Gasteiger partial charge < -0.3 is 15.6 Å². The number of amides is 1. The molecule has 0 aromatic carbocycles. The summed E-state index contributed by atoms with van der Waals surface area (Å²) >= 11 is 0. The zero-order chi connectivity index (χ0) is 10.6. The molecule has 3 N–H and O–H groups in total. The number of carbonyl (C=O) groups excluding carboxylic acids is 1. The highest BCUT2D eigenvalue weighted by Crippen LogP contribution is 1.98. The fraction of sp³-hybridized carbons (Fsp3) is 0.500. The Morgan fingerprint density at radius 1 is 1.71 bits per heavy atom. The number of nitrogens with two attached hydrogens (primary N) is 1. The third-order valence-electron chi connectivity index (χ3n) is 1.89. The standard InChI is InChI=1S/C10H17N3O/c1-8(11)5-10(14)12-6-9-3-4-13(2)7-9/h3-4,7-8H,5-6,11H2,1-2H3,(H,12,14). The van der Waals surface area contributed by atoms with E-state index in [2.05, 4.69) is 5.32 Å². The second-order valence-corrected chi connectivity index (χ2v) is 3.64. The molecule has 1 amide bonds. The second-order valence-electron chi connectivity index (χ2n) is 3.64. The van der Waals surface area contributed by atoms with Gasteiger partial charge in [-0.15, -0.1) is 0 Å². The van der Waals surface area contributed by atoms with Gasteiger partial charge in [0, 0.05) is 38.4 Å². The lowest BCUT2D eigenvalue weighted by Crippen LogP contribution is -2.29. The number of rotatable bonds is 4. The van der Waals surface area contributed by atoms with Gasteiger partial charge in [-0.05, 0) is 18.6 Å². The smallest absolute Gasteiger partial charge is 0.221 e. The predicted molar refractivity (Wildman–Crippen MR) is 55.5 cm³/mol. The molecular weight excluding hydrogens is 178 g/mol. The molecule has 1 aromatic rings. The van der Waals surface area contributed by atoms with Crippen LogP contribution in [0.5, 0.6) is 0 Å². The van der Waals surface area contributed by atoms with Crippen molar-refractivity contribution in [1.82, 2.24) is 9.88 Å². The third kappa shape index (κ3) is 3.62. The van der Waals surface area contributed by atoms with E-state index >= 15 is 0 Å². The van der Waals surface area contributed by atoms with Gasteiger partial charge in [-0.3, -0.25) is 4.79 Å². The van der Waals surface area contributed by atoms with E-state index in [1.165, 1.54) is 0 Å². The summed E-state index contributed by atoms with van der Waals surface area (Å²) in [4.78, 5) is 11.2. The van der Waals surface area contributed by atoms with Crippen LogP contribution in [0.25, 0.3) is 0 Å². The summed E-state index contributed by atoms with van der Waals surface area (Å²) < 4.78 is 1.95. The molecule has 0 fully saturated rings. The number of carbonyl (C=O) groups is 1. The molecule has 14 heavy (non-hydrogen) atoms. The highest BCUT2D eigenvalue weighted by atomic mass is 16.1. The van der Waals surface area contributed by atoms with Crippen molar-refractivity contribution in [3.05, 3.63) is 24.0 Å². The number of hydrogen-bond acceptors (Lipinski definition) is 2. The minimum atomic E-state index is -0.0780. The molecule has 1 atom stereocenters. The van der Waals surface area contributed by atoms with E-state index in [-0.39, 0.29) is 11.9 Å². The van der Waals surface area contributed by atoms with Crippen molar-refractivity contribution < 1.29 is 4.79 Å². The second kappa shape index (κ2) is 4.81. The molecule has 1 unspecified atom stereocenters. The molecule has 1 rings (SSSR count). The molecule has 4 nitrogen and oxygen atoms in total. The summed E-state index contributed by atoms with van der Waals surface area (Å²) in [5, 5.41) is 2.81. The maximum atomic E-state index is 11.2. The predicted octanol–water partition coefficient (Wildman–Crippen LogP) is 0.379. The van der Waals surface area contributed by atoms with Gasteiger partial charge in [-0.25, -0.2) is 0 Å². The van der Waals surface area contributed by atoms with Crippen molar-refractivity contribution in [2.75, 3.05) is 0 Å². The maximum Gasteiger partial charge on any atom is 0.221 e. The van der Waals surface area contributed by atoms with Gasteiger partial charge in [0.1, 0.15) is 0 Å². The third-order valence-corrected chi connectivity index (χ3v) is 1.89. The number of aromatic nitrogens is 1. The Balaban J connectivity index is 2.30. The summed E-state index contributed by atoms with van der Waals surface area (Å²) in [6.07, 6.45) is 4.31. The van der Waals surface area contributed by atoms with E-state index in [9.17, 15) is 4.79 Å². The number of nitrogens with zero attached hydrogens (tertiary/aromatic N) is 1. The molecule has 0 saturated heterocycles. The highest BCUT2D eigenvalue weighted by Gasteiger charge is 2.04. The lowest BCUT2D eigenvalue weighted by Gasteiger charge is -2.05. The van der Waals surface area contributed by atoms with Crippen LogP contribution in [0.2, 0.25) is 0 Å². The molecule has 0 aliphatic rings. The summed E-state index contributed by atoms with van der Waals surface area (Å²) in [5.74, 6) is 0.00357. The van der Waals surface area contributed by atoms with Crippen molar-refractivity contribution in [3.8, 4) is 0 Å². The Kier molecular flexibility index (Phi) is 3.71. The van der Waals surface area contributed by atoms with Gasteiger partial charge in [0.25, 0.3) is 0 Å². The van der Waals surface area contributed by atoms with Crippen LogP contribution in [-0.2, 0) is 18.4 Å². The van der Waals surface area contributed by atoms with Crippen LogP contribution in [0.4, 0.5) is 0 Å². The van der Waals surface area contributed by atoms with Gasteiger partial charge in [0.2, 0.25) is 5.91 Å². The summed E-state index contributed by atoms with van der Waals surface area (Å²) in [5.41, 5.74) is 6.60. The van der Waals surface area contributed by atoms with E-state index in [0.29, 0.717) is 13.0 Å². The molecule has 1 aromatic heterocycles. The van der Waals surface area contributed by atoms with Crippen LogP contribution in [-0.4, -0.2) is 16.5 Å². The lowest BCUT2D eigenvalue weighted by molar-refractivity contribution is -0.121.